The number of carbonyl (C=O) groups is 2. The van der Waals surface area contributed by atoms with E-state index in [-0.39, 0.29) is 21.2 Å². The summed E-state index contributed by atoms with van der Waals surface area (Å²) in [5.41, 5.74) is 0.905. The molecule has 2 aromatic heterocycles. The Balaban J connectivity index is 2.10. The van der Waals surface area contributed by atoms with Crippen molar-refractivity contribution in [3.8, 4) is 10.8 Å². The zero-order valence-corrected chi connectivity index (χ0v) is 17.5. The van der Waals surface area contributed by atoms with Crippen LogP contribution in [0.4, 0.5) is 17.6 Å². The van der Waals surface area contributed by atoms with E-state index >= 15 is 0 Å². The summed E-state index contributed by atoms with van der Waals surface area (Å²) in [6.07, 6.45) is -9.15. The Morgan fingerprint density at radius 1 is 1.29 bits per heavy atom. The third kappa shape index (κ3) is 4.33. The van der Waals surface area contributed by atoms with E-state index in [1.54, 1.807) is 0 Å². The van der Waals surface area contributed by atoms with Crippen LogP contribution in [0.1, 0.15) is 20.9 Å². The van der Waals surface area contributed by atoms with Crippen molar-refractivity contribution in [3.63, 3.8) is 0 Å². The maximum Gasteiger partial charge on any atom is 0.461 e. The van der Waals surface area contributed by atoms with E-state index < -0.39 is 35.9 Å². The molecule has 0 aliphatic rings. The van der Waals surface area contributed by atoms with Crippen molar-refractivity contribution in [2.45, 2.75) is 25.9 Å². The van der Waals surface area contributed by atoms with Crippen molar-refractivity contribution in [1.82, 2.24) is 4.57 Å². The number of rotatable bonds is 7. The molecule has 2 heterocycles. The highest BCUT2D eigenvalue weighted by molar-refractivity contribution is 7.15. The van der Waals surface area contributed by atoms with Gasteiger partial charge in [-0.25, -0.2) is 0 Å². The second-order valence-corrected chi connectivity index (χ2v) is 7.82. The molecule has 166 valence electrons. The molecule has 6 nitrogen and oxygen atoms in total. The smallest absolute Gasteiger partial charge is 0.461 e. The number of carboxylic acid groups (broad SMARTS) is 1. The third-order valence-electron chi connectivity index (χ3n) is 4.42. The number of halogens is 5. The Morgan fingerprint density at radius 3 is 2.55 bits per heavy atom. The minimum atomic E-state index is -4.71. The number of methoxy groups -OCH3 is 1. The van der Waals surface area contributed by atoms with Gasteiger partial charge in [0.2, 0.25) is 0 Å². The van der Waals surface area contributed by atoms with Crippen molar-refractivity contribution in [2.24, 2.45) is 0 Å². The van der Waals surface area contributed by atoms with Gasteiger partial charge in [0.25, 0.3) is 5.91 Å². The molecule has 3 rings (SSSR count). The summed E-state index contributed by atoms with van der Waals surface area (Å²) >= 11 is 6.61. The van der Waals surface area contributed by atoms with Gasteiger partial charge in [-0.05, 0) is 36.8 Å². The van der Waals surface area contributed by atoms with Gasteiger partial charge < -0.3 is 14.6 Å². The number of thiophene rings is 1. The summed E-state index contributed by atoms with van der Waals surface area (Å²) in [6, 6.07) is 5.04. The Hall–Kier alpha value is -2.79. The normalized spacial score (nSPS) is 11.9. The molecule has 12 heteroatoms. The Kier molecular flexibility index (Phi) is 6.19. The standard InChI is InChI=1S/C19H14ClF4NO5S/c1-8-9(6-15(26)27)10-5-13(29-2)11(20)7-12(10)25(8)17(28)14-3-4-16(31-14)30-19(23,24)18(21)22/h3-5,7,18H,6H2,1-2H3,(H,26,27). The maximum atomic E-state index is 13.1. The van der Waals surface area contributed by atoms with Gasteiger partial charge in [0.15, 0.2) is 5.06 Å². The first-order chi connectivity index (χ1) is 14.5. The Labute approximate surface area is 181 Å². The molecule has 0 saturated heterocycles. The second kappa shape index (κ2) is 8.39. The number of aromatic nitrogens is 1. The summed E-state index contributed by atoms with van der Waals surface area (Å²) in [5, 5.41) is 9.25. The maximum absolute atomic E-state index is 13.1. The molecule has 1 aromatic carbocycles. The molecule has 0 saturated carbocycles. The summed E-state index contributed by atoms with van der Waals surface area (Å²) in [7, 11) is 1.38. The van der Waals surface area contributed by atoms with Crippen LogP contribution in [0.3, 0.4) is 0 Å². The van der Waals surface area contributed by atoms with Crippen LogP contribution in [0.15, 0.2) is 24.3 Å². The van der Waals surface area contributed by atoms with Crippen LogP contribution in [-0.4, -0.2) is 41.2 Å². The molecule has 0 bridgehead atoms. The molecule has 0 amide bonds. The lowest BCUT2D eigenvalue weighted by Crippen LogP contribution is -2.33. The molecular formula is C19H14ClF4NO5S. The van der Waals surface area contributed by atoms with Crippen LogP contribution in [-0.2, 0) is 11.2 Å². The minimum Gasteiger partial charge on any atom is -0.495 e. The quantitative estimate of drug-likeness (QED) is 0.470. The number of carboxylic acids is 1. The molecule has 0 aliphatic carbocycles. The van der Waals surface area contributed by atoms with Gasteiger partial charge >= 0.3 is 18.5 Å². The average molecular weight is 480 g/mol. The highest BCUT2D eigenvalue weighted by Gasteiger charge is 2.44. The monoisotopic (exact) mass is 479 g/mol. The fraction of sp³-hybridized carbons (Fsp3) is 0.263. The Morgan fingerprint density at radius 2 is 1.97 bits per heavy atom. The van der Waals surface area contributed by atoms with Crippen molar-refractivity contribution in [1.29, 1.82) is 0 Å². The zero-order chi connectivity index (χ0) is 23.1. The highest BCUT2D eigenvalue weighted by atomic mass is 35.5. The molecule has 0 fully saturated rings. The number of fused-ring (bicyclic) bond motifs is 1. The molecule has 31 heavy (non-hydrogen) atoms. The molecule has 0 spiro atoms. The Bertz CT molecular complexity index is 1170. The average Bonchev–Trinajstić information content (AvgIpc) is 3.23. The molecule has 3 aromatic rings. The van der Waals surface area contributed by atoms with Crippen LogP contribution < -0.4 is 9.47 Å². The van der Waals surface area contributed by atoms with Crippen LogP contribution in [0.5, 0.6) is 10.8 Å². The van der Waals surface area contributed by atoms with Crippen molar-refractivity contribution < 1.29 is 41.7 Å². The van der Waals surface area contributed by atoms with Crippen LogP contribution in [0.2, 0.25) is 5.02 Å². The predicted molar refractivity (Wildman–Crippen MR) is 105 cm³/mol. The molecule has 0 radical (unpaired) electrons. The fourth-order valence-electron chi connectivity index (χ4n) is 3.05. The van der Waals surface area contributed by atoms with Crippen molar-refractivity contribution in [3.05, 3.63) is 45.4 Å². The van der Waals surface area contributed by atoms with Gasteiger partial charge in [0, 0.05) is 11.1 Å². The number of aliphatic carboxylic acids is 1. The number of ether oxygens (including phenoxy) is 2. The van der Waals surface area contributed by atoms with Gasteiger partial charge in [0.1, 0.15) is 5.75 Å². The van der Waals surface area contributed by atoms with Gasteiger partial charge in [-0.2, -0.15) is 17.6 Å². The number of hydrogen-bond donors (Lipinski definition) is 1. The first-order valence-corrected chi connectivity index (χ1v) is 9.74. The van der Waals surface area contributed by atoms with E-state index in [4.69, 9.17) is 16.3 Å². The van der Waals surface area contributed by atoms with Crippen LogP contribution in [0, 0.1) is 6.92 Å². The topological polar surface area (TPSA) is 77.8 Å². The summed E-state index contributed by atoms with van der Waals surface area (Å²) in [5.74, 6) is -1.56. The van der Waals surface area contributed by atoms with Crippen LogP contribution in [0.25, 0.3) is 10.9 Å². The van der Waals surface area contributed by atoms with Gasteiger partial charge in [-0.1, -0.05) is 22.9 Å². The number of carbonyl (C=O) groups excluding carboxylic acids is 1. The number of benzene rings is 1. The first-order valence-electron chi connectivity index (χ1n) is 8.55. The summed E-state index contributed by atoms with van der Waals surface area (Å²) in [6.45, 7) is 1.52. The SMILES string of the molecule is COc1cc2c(CC(=O)O)c(C)n(C(=O)c3ccc(OC(F)(F)C(F)F)s3)c2cc1Cl. The first kappa shape index (κ1) is 22.9. The molecule has 1 N–H and O–H groups in total. The third-order valence-corrected chi connectivity index (χ3v) is 5.67. The van der Waals surface area contributed by atoms with E-state index in [2.05, 4.69) is 4.74 Å². The second-order valence-electron chi connectivity index (χ2n) is 6.36. The molecular weight excluding hydrogens is 466 g/mol. The number of nitrogens with zero attached hydrogens (tertiary/aromatic N) is 1. The van der Waals surface area contributed by atoms with Crippen molar-refractivity contribution in [2.75, 3.05) is 7.11 Å². The van der Waals surface area contributed by atoms with Crippen molar-refractivity contribution >= 4 is 45.7 Å². The molecule has 0 unspecified atom stereocenters. The zero-order valence-electron chi connectivity index (χ0n) is 15.9. The van der Waals surface area contributed by atoms with E-state index in [1.807, 2.05) is 0 Å². The van der Waals surface area contributed by atoms with Gasteiger partial charge in [-0.15, -0.1) is 0 Å². The van der Waals surface area contributed by atoms with E-state index in [9.17, 15) is 32.3 Å². The molecule has 0 atom stereocenters. The lowest BCUT2D eigenvalue weighted by Gasteiger charge is -2.14. The summed E-state index contributed by atoms with van der Waals surface area (Å²) < 4.78 is 61.3. The number of hydrogen-bond acceptors (Lipinski definition) is 5. The lowest BCUT2D eigenvalue weighted by atomic mass is 10.1. The summed E-state index contributed by atoms with van der Waals surface area (Å²) in [4.78, 5) is 24.4. The minimum absolute atomic E-state index is 0.0890. The van der Waals surface area contributed by atoms with Gasteiger partial charge in [-0.3, -0.25) is 14.2 Å². The predicted octanol–water partition coefficient (Wildman–Crippen LogP) is 5.23. The van der Waals surface area contributed by atoms with Crippen LogP contribution >= 0.6 is 22.9 Å². The lowest BCUT2D eigenvalue weighted by molar-refractivity contribution is -0.251. The number of alkyl halides is 4. The largest absolute Gasteiger partial charge is 0.495 e. The highest BCUT2D eigenvalue weighted by Crippen LogP contribution is 2.37. The fourth-order valence-corrected chi connectivity index (χ4v) is 4.11. The van der Waals surface area contributed by atoms with E-state index in [1.165, 1.54) is 30.7 Å². The van der Waals surface area contributed by atoms with E-state index in [0.29, 0.717) is 28.0 Å². The van der Waals surface area contributed by atoms with Gasteiger partial charge in [0.05, 0.1) is 28.9 Å². The molecule has 0 aliphatic heterocycles. The van der Waals surface area contributed by atoms with E-state index in [0.717, 1.165) is 12.1 Å².